The lowest BCUT2D eigenvalue weighted by Gasteiger charge is -2.06. The van der Waals surface area contributed by atoms with Gasteiger partial charge in [-0.25, -0.2) is 0 Å². The number of aryl methyl sites for hydroxylation is 1. The van der Waals surface area contributed by atoms with Gasteiger partial charge in [0, 0.05) is 17.0 Å². The second-order valence-electron chi connectivity index (χ2n) is 6.40. The van der Waals surface area contributed by atoms with E-state index >= 15 is 0 Å². The molecule has 0 aliphatic carbocycles. The highest BCUT2D eigenvalue weighted by Crippen LogP contribution is 2.21. The Kier molecular flexibility index (Phi) is 7.38. The number of carbonyl (C=O) groups excluding carboxylic acids is 1. The molecule has 0 heterocycles. The molecule has 0 saturated heterocycles. The minimum Gasteiger partial charge on any atom is -0.326 e. The van der Waals surface area contributed by atoms with Crippen LogP contribution < -0.4 is 5.32 Å². The summed E-state index contributed by atoms with van der Waals surface area (Å²) in [5, 5.41) is 11.3. The van der Waals surface area contributed by atoms with Crippen molar-refractivity contribution in [2.45, 2.75) is 24.7 Å². The molecule has 0 unspecified atom stereocenters. The standard InChI is InChI=1S/C23H23N3OS/c1-18-9-15-22(16-10-18)28-17-5-8-23(27)24-19-11-13-21(14-12-19)26-25-20-6-3-2-4-7-20/h2-4,6-7,9-16H,5,8,17H2,1H3,(H,24,27). The highest BCUT2D eigenvalue weighted by Gasteiger charge is 2.03. The molecule has 4 nitrogen and oxygen atoms in total. The molecule has 3 aromatic carbocycles. The summed E-state index contributed by atoms with van der Waals surface area (Å²) < 4.78 is 0. The predicted molar refractivity (Wildman–Crippen MR) is 117 cm³/mol. The Labute approximate surface area is 170 Å². The minimum absolute atomic E-state index is 0.0307. The van der Waals surface area contributed by atoms with Crippen LogP contribution >= 0.6 is 11.8 Å². The van der Waals surface area contributed by atoms with E-state index in [2.05, 4.69) is 46.7 Å². The van der Waals surface area contributed by atoms with Crippen LogP contribution in [0.2, 0.25) is 0 Å². The monoisotopic (exact) mass is 389 g/mol. The fraction of sp³-hybridized carbons (Fsp3) is 0.174. The van der Waals surface area contributed by atoms with E-state index in [1.54, 1.807) is 11.8 Å². The summed E-state index contributed by atoms with van der Waals surface area (Å²) in [6, 6.07) is 25.4. The number of nitrogens with one attached hydrogen (secondary N) is 1. The second-order valence-corrected chi connectivity index (χ2v) is 7.56. The van der Waals surface area contributed by atoms with Crippen LogP contribution in [0.4, 0.5) is 17.1 Å². The number of benzene rings is 3. The largest absolute Gasteiger partial charge is 0.326 e. The molecular weight excluding hydrogens is 366 g/mol. The third-order valence-corrected chi connectivity index (χ3v) is 5.12. The molecule has 3 rings (SSSR count). The number of carbonyl (C=O) groups is 1. The first-order valence-electron chi connectivity index (χ1n) is 9.25. The second kappa shape index (κ2) is 10.4. The maximum Gasteiger partial charge on any atom is 0.224 e. The average Bonchev–Trinajstić information content (AvgIpc) is 2.73. The molecule has 0 fully saturated rings. The SMILES string of the molecule is Cc1ccc(SCCCC(=O)Nc2ccc(N=Nc3ccccc3)cc2)cc1. The zero-order valence-electron chi connectivity index (χ0n) is 15.8. The fourth-order valence-electron chi connectivity index (χ4n) is 2.50. The molecule has 1 amide bonds. The van der Waals surface area contributed by atoms with Gasteiger partial charge in [-0.05, 0) is 67.6 Å². The fourth-order valence-corrected chi connectivity index (χ4v) is 3.36. The van der Waals surface area contributed by atoms with Gasteiger partial charge < -0.3 is 5.32 Å². The summed E-state index contributed by atoms with van der Waals surface area (Å²) >= 11 is 1.78. The van der Waals surface area contributed by atoms with Crippen LogP contribution in [-0.2, 0) is 4.79 Å². The van der Waals surface area contributed by atoms with Crippen molar-refractivity contribution in [3.63, 3.8) is 0 Å². The van der Waals surface area contributed by atoms with Crippen LogP contribution in [0.25, 0.3) is 0 Å². The number of hydrogen-bond donors (Lipinski definition) is 1. The molecule has 0 aliphatic rings. The Bertz CT molecular complexity index is 907. The number of rotatable bonds is 8. The maximum atomic E-state index is 12.1. The Hall–Kier alpha value is -2.92. The molecule has 28 heavy (non-hydrogen) atoms. The predicted octanol–water partition coefficient (Wildman–Crippen LogP) is 6.92. The number of hydrogen-bond acceptors (Lipinski definition) is 4. The van der Waals surface area contributed by atoms with Gasteiger partial charge in [0.1, 0.15) is 0 Å². The lowest BCUT2D eigenvalue weighted by atomic mass is 10.2. The number of azo groups is 1. The highest BCUT2D eigenvalue weighted by molar-refractivity contribution is 7.99. The summed E-state index contributed by atoms with van der Waals surface area (Å²) in [7, 11) is 0. The first kappa shape index (κ1) is 19.8. The summed E-state index contributed by atoms with van der Waals surface area (Å²) in [5.41, 5.74) is 3.59. The van der Waals surface area contributed by atoms with E-state index in [-0.39, 0.29) is 5.91 Å². The lowest BCUT2D eigenvalue weighted by molar-refractivity contribution is -0.116. The molecule has 142 valence electrons. The Balaban J connectivity index is 1.40. The molecule has 0 radical (unpaired) electrons. The highest BCUT2D eigenvalue weighted by atomic mass is 32.2. The summed E-state index contributed by atoms with van der Waals surface area (Å²) in [6.07, 6.45) is 1.35. The van der Waals surface area contributed by atoms with Crippen LogP contribution in [0.1, 0.15) is 18.4 Å². The van der Waals surface area contributed by atoms with Gasteiger partial charge >= 0.3 is 0 Å². The van der Waals surface area contributed by atoms with Crippen LogP contribution in [0.15, 0.2) is 94.0 Å². The van der Waals surface area contributed by atoms with Gasteiger partial charge in [-0.1, -0.05) is 35.9 Å². The zero-order chi connectivity index (χ0) is 19.6. The molecule has 0 bridgehead atoms. The van der Waals surface area contributed by atoms with Crippen molar-refractivity contribution in [3.05, 3.63) is 84.4 Å². The molecule has 0 spiro atoms. The molecule has 0 aliphatic heterocycles. The summed E-state index contributed by atoms with van der Waals surface area (Å²) in [6.45, 7) is 2.08. The van der Waals surface area contributed by atoms with Crippen molar-refractivity contribution in [1.29, 1.82) is 0 Å². The lowest BCUT2D eigenvalue weighted by Crippen LogP contribution is -2.11. The molecule has 1 N–H and O–H groups in total. The van der Waals surface area contributed by atoms with E-state index in [9.17, 15) is 4.79 Å². The van der Waals surface area contributed by atoms with Gasteiger partial charge in [-0.15, -0.1) is 11.8 Å². The van der Waals surface area contributed by atoms with Crippen molar-refractivity contribution >= 4 is 34.7 Å². The topological polar surface area (TPSA) is 53.8 Å². The summed E-state index contributed by atoms with van der Waals surface area (Å²) in [5.74, 6) is 0.957. The van der Waals surface area contributed by atoms with E-state index in [0.717, 1.165) is 29.2 Å². The van der Waals surface area contributed by atoms with Crippen LogP contribution in [0, 0.1) is 6.92 Å². The van der Waals surface area contributed by atoms with Crippen LogP contribution in [-0.4, -0.2) is 11.7 Å². The van der Waals surface area contributed by atoms with Gasteiger partial charge in [-0.2, -0.15) is 10.2 Å². The first-order chi connectivity index (χ1) is 13.7. The van der Waals surface area contributed by atoms with E-state index in [1.165, 1.54) is 10.5 Å². The third kappa shape index (κ3) is 6.67. The van der Waals surface area contributed by atoms with Crippen molar-refractivity contribution in [2.75, 3.05) is 11.1 Å². The van der Waals surface area contributed by atoms with Gasteiger partial charge in [0.25, 0.3) is 0 Å². The van der Waals surface area contributed by atoms with Crippen molar-refractivity contribution < 1.29 is 4.79 Å². The number of anilines is 1. The van der Waals surface area contributed by atoms with E-state index in [1.807, 2.05) is 54.6 Å². The van der Waals surface area contributed by atoms with E-state index in [4.69, 9.17) is 0 Å². The van der Waals surface area contributed by atoms with Gasteiger partial charge in [0.05, 0.1) is 11.4 Å². The van der Waals surface area contributed by atoms with Crippen molar-refractivity contribution in [3.8, 4) is 0 Å². The van der Waals surface area contributed by atoms with Crippen molar-refractivity contribution in [2.24, 2.45) is 10.2 Å². The maximum absolute atomic E-state index is 12.1. The Morgan fingerprint density at radius 1 is 0.857 bits per heavy atom. The smallest absolute Gasteiger partial charge is 0.224 e. The number of amides is 1. The van der Waals surface area contributed by atoms with Gasteiger partial charge in [0.2, 0.25) is 5.91 Å². The molecule has 5 heteroatoms. The normalized spacial score (nSPS) is 10.9. The molecular formula is C23H23N3OS. The molecule has 3 aromatic rings. The molecule has 0 aromatic heterocycles. The van der Waals surface area contributed by atoms with E-state index < -0.39 is 0 Å². The first-order valence-corrected chi connectivity index (χ1v) is 10.2. The van der Waals surface area contributed by atoms with Crippen molar-refractivity contribution in [1.82, 2.24) is 0 Å². The Morgan fingerprint density at radius 3 is 2.18 bits per heavy atom. The average molecular weight is 390 g/mol. The Morgan fingerprint density at radius 2 is 1.50 bits per heavy atom. The van der Waals surface area contributed by atoms with Gasteiger partial charge in [0.15, 0.2) is 0 Å². The quantitative estimate of drug-likeness (QED) is 0.258. The molecule has 0 atom stereocenters. The van der Waals surface area contributed by atoms with Crippen LogP contribution in [0.5, 0.6) is 0 Å². The zero-order valence-corrected chi connectivity index (χ0v) is 16.7. The third-order valence-electron chi connectivity index (χ3n) is 4.03. The minimum atomic E-state index is 0.0307. The van der Waals surface area contributed by atoms with Crippen LogP contribution in [0.3, 0.4) is 0 Å². The molecule has 0 saturated carbocycles. The number of nitrogens with zero attached hydrogens (tertiary/aromatic N) is 2. The number of thioether (sulfide) groups is 1. The summed E-state index contributed by atoms with van der Waals surface area (Å²) in [4.78, 5) is 13.3. The van der Waals surface area contributed by atoms with Gasteiger partial charge in [-0.3, -0.25) is 4.79 Å². The van der Waals surface area contributed by atoms with E-state index in [0.29, 0.717) is 6.42 Å².